The summed E-state index contributed by atoms with van der Waals surface area (Å²) in [6, 6.07) is 10.6. The number of carbonyl (C=O) groups is 2. The summed E-state index contributed by atoms with van der Waals surface area (Å²) in [6.07, 6.45) is 5.18. The van der Waals surface area contributed by atoms with Crippen molar-refractivity contribution in [2.45, 2.75) is 18.9 Å². The average molecular weight is 445 g/mol. The summed E-state index contributed by atoms with van der Waals surface area (Å²) in [4.78, 5) is 48.3. The third-order valence-electron chi connectivity index (χ3n) is 6.27. The second kappa shape index (κ2) is 8.50. The summed E-state index contributed by atoms with van der Waals surface area (Å²) in [6.45, 7) is 1.64. The average Bonchev–Trinajstić information content (AvgIpc) is 2.86. The molecular weight excluding hydrogens is 422 g/mol. The van der Waals surface area contributed by atoms with Crippen LogP contribution in [0.1, 0.15) is 38.9 Å². The number of nitrogens with zero attached hydrogens (tertiary/aromatic N) is 4. The standard InChI is InChI=1S/C24H23N5O4/c1-33-18-4-2-16(3-5-18)23(31)28-12-15-10-17(14-28)21-7-6-19(24(32)29(21)13-15)27-22(30)20-11-25-8-9-26-20/h2-9,11,15,17H,10,12-14H2,1H3,(H,27,30)/t15-,17+/m0/s1. The smallest absolute Gasteiger partial charge is 0.276 e. The van der Waals surface area contributed by atoms with E-state index in [0.29, 0.717) is 30.9 Å². The van der Waals surface area contributed by atoms with E-state index in [2.05, 4.69) is 15.3 Å². The number of rotatable bonds is 4. The molecule has 1 fully saturated rings. The number of hydrogen-bond donors (Lipinski definition) is 1. The fourth-order valence-electron chi connectivity index (χ4n) is 4.73. The molecule has 3 aromatic rings. The van der Waals surface area contributed by atoms with E-state index < -0.39 is 5.91 Å². The first-order chi connectivity index (χ1) is 16.0. The highest BCUT2D eigenvalue weighted by Gasteiger charge is 2.37. The number of likely N-dealkylation sites (tertiary alicyclic amines) is 1. The van der Waals surface area contributed by atoms with Crippen LogP contribution >= 0.6 is 0 Å². The van der Waals surface area contributed by atoms with Gasteiger partial charge in [-0.3, -0.25) is 19.4 Å². The lowest BCUT2D eigenvalue weighted by Gasteiger charge is -2.43. The van der Waals surface area contributed by atoms with Crippen molar-refractivity contribution in [1.82, 2.24) is 19.4 Å². The topological polar surface area (TPSA) is 106 Å². The molecule has 0 saturated carbocycles. The quantitative estimate of drug-likeness (QED) is 0.660. The van der Waals surface area contributed by atoms with E-state index in [4.69, 9.17) is 4.74 Å². The Morgan fingerprint density at radius 1 is 1.06 bits per heavy atom. The number of pyridine rings is 1. The largest absolute Gasteiger partial charge is 0.497 e. The lowest BCUT2D eigenvalue weighted by atomic mass is 9.83. The van der Waals surface area contributed by atoms with Crippen molar-refractivity contribution in [3.8, 4) is 5.75 Å². The Kier molecular flexibility index (Phi) is 5.37. The maximum Gasteiger partial charge on any atom is 0.276 e. The van der Waals surface area contributed by atoms with Gasteiger partial charge in [0.1, 0.15) is 17.1 Å². The van der Waals surface area contributed by atoms with E-state index >= 15 is 0 Å². The normalized spacial score (nSPS) is 18.9. The number of hydrogen-bond acceptors (Lipinski definition) is 6. The highest BCUT2D eigenvalue weighted by atomic mass is 16.5. The SMILES string of the molecule is COc1ccc(C(=O)N2C[C@@H]3C[C@H](C2)c2ccc(NC(=O)c4cnccn4)c(=O)n2C3)cc1. The van der Waals surface area contributed by atoms with E-state index in [1.54, 1.807) is 42.0 Å². The van der Waals surface area contributed by atoms with Crippen LogP contribution in [-0.2, 0) is 6.54 Å². The zero-order valence-corrected chi connectivity index (χ0v) is 18.1. The van der Waals surface area contributed by atoms with Crippen LogP contribution in [0.2, 0.25) is 0 Å². The molecule has 5 rings (SSSR count). The lowest BCUT2D eigenvalue weighted by molar-refractivity contribution is 0.0594. The first-order valence-electron chi connectivity index (χ1n) is 10.8. The van der Waals surface area contributed by atoms with Crippen LogP contribution < -0.4 is 15.6 Å². The van der Waals surface area contributed by atoms with Crippen LogP contribution in [-0.4, -0.2) is 51.4 Å². The number of fused-ring (bicyclic) bond motifs is 4. The monoisotopic (exact) mass is 445 g/mol. The summed E-state index contributed by atoms with van der Waals surface area (Å²) in [5, 5.41) is 2.65. The fourth-order valence-corrected chi connectivity index (χ4v) is 4.73. The van der Waals surface area contributed by atoms with Gasteiger partial charge in [-0.1, -0.05) is 0 Å². The summed E-state index contributed by atoms with van der Waals surface area (Å²) < 4.78 is 6.91. The first-order valence-corrected chi connectivity index (χ1v) is 10.8. The maximum atomic E-state index is 13.1. The summed E-state index contributed by atoms with van der Waals surface area (Å²) in [7, 11) is 1.59. The van der Waals surface area contributed by atoms with Crippen LogP contribution in [0.15, 0.2) is 59.8 Å². The number of piperidine rings is 1. The van der Waals surface area contributed by atoms with Crippen LogP contribution in [0.4, 0.5) is 5.69 Å². The van der Waals surface area contributed by atoms with Gasteiger partial charge >= 0.3 is 0 Å². The highest BCUT2D eigenvalue weighted by Crippen LogP contribution is 2.36. The minimum absolute atomic E-state index is 0.0176. The van der Waals surface area contributed by atoms with Gasteiger partial charge in [0, 0.05) is 49.2 Å². The Bertz CT molecular complexity index is 1260. The molecule has 9 heteroatoms. The Morgan fingerprint density at radius 2 is 1.88 bits per heavy atom. The fraction of sp³-hybridized carbons (Fsp3) is 0.292. The van der Waals surface area contributed by atoms with Crippen molar-refractivity contribution in [2.24, 2.45) is 5.92 Å². The molecule has 9 nitrogen and oxygen atoms in total. The predicted molar refractivity (Wildman–Crippen MR) is 120 cm³/mol. The minimum atomic E-state index is -0.479. The van der Waals surface area contributed by atoms with E-state index in [1.807, 2.05) is 11.0 Å². The number of benzene rings is 1. The molecule has 1 N–H and O–H groups in total. The van der Waals surface area contributed by atoms with Gasteiger partial charge in [-0.05, 0) is 48.7 Å². The molecule has 0 unspecified atom stereocenters. The zero-order chi connectivity index (χ0) is 22.9. The van der Waals surface area contributed by atoms with Crippen LogP contribution in [0, 0.1) is 5.92 Å². The predicted octanol–water partition coefficient (Wildman–Crippen LogP) is 2.16. The van der Waals surface area contributed by atoms with Gasteiger partial charge in [0.25, 0.3) is 17.4 Å². The number of nitrogens with one attached hydrogen (secondary N) is 1. The van der Waals surface area contributed by atoms with Gasteiger partial charge in [-0.15, -0.1) is 0 Å². The van der Waals surface area contributed by atoms with Crippen molar-refractivity contribution in [1.29, 1.82) is 0 Å². The molecule has 2 aromatic heterocycles. The summed E-state index contributed by atoms with van der Waals surface area (Å²) in [5.41, 5.74) is 1.62. The zero-order valence-electron chi connectivity index (χ0n) is 18.1. The van der Waals surface area contributed by atoms with Crippen LogP contribution in [0.3, 0.4) is 0 Å². The Balaban J connectivity index is 1.36. The molecular formula is C24H23N5O4. The number of ether oxygens (including phenoxy) is 1. The molecule has 1 saturated heterocycles. The molecule has 2 aliphatic heterocycles. The van der Waals surface area contributed by atoms with Gasteiger partial charge in [0.15, 0.2) is 0 Å². The molecule has 1 aromatic carbocycles. The van der Waals surface area contributed by atoms with E-state index in [9.17, 15) is 14.4 Å². The van der Waals surface area contributed by atoms with Crippen LogP contribution in [0.25, 0.3) is 0 Å². The highest BCUT2D eigenvalue weighted by molar-refractivity contribution is 6.02. The van der Waals surface area contributed by atoms with Crippen molar-refractivity contribution >= 4 is 17.5 Å². The van der Waals surface area contributed by atoms with Crippen molar-refractivity contribution in [3.05, 3.63) is 82.3 Å². The van der Waals surface area contributed by atoms with E-state index in [0.717, 1.165) is 12.1 Å². The number of methoxy groups -OCH3 is 1. The van der Waals surface area contributed by atoms with Crippen molar-refractivity contribution in [3.63, 3.8) is 0 Å². The molecule has 2 aliphatic rings. The molecule has 2 amide bonds. The molecule has 0 radical (unpaired) electrons. The van der Waals surface area contributed by atoms with Gasteiger partial charge < -0.3 is 19.5 Å². The molecule has 2 bridgehead atoms. The second-order valence-corrected chi connectivity index (χ2v) is 8.37. The molecule has 2 atom stereocenters. The van der Waals surface area contributed by atoms with Crippen LogP contribution in [0.5, 0.6) is 5.75 Å². The first kappa shape index (κ1) is 20.9. The van der Waals surface area contributed by atoms with Gasteiger partial charge in [0.2, 0.25) is 0 Å². The Labute approximate surface area is 190 Å². The molecule has 0 aliphatic carbocycles. The van der Waals surface area contributed by atoms with Gasteiger partial charge in [0.05, 0.1) is 13.3 Å². The Morgan fingerprint density at radius 3 is 2.61 bits per heavy atom. The number of aromatic nitrogens is 3. The maximum absolute atomic E-state index is 13.1. The number of anilines is 1. The lowest BCUT2D eigenvalue weighted by Crippen LogP contribution is -2.49. The second-order valence-electron chi connectivity index (χ2n) is 8.37. The molecule has 0 spiro atoms. The Hall–Kier alpha value is -4.01. The third kappa shape index (κ3) is 3.97. The van der Waals surface area contributed by atoms with Crippen molar-refractivity contribution < 1.29 is 14.3 Å². The third-order valence-corrected chi connectivity index (χ3v) is 6.27. The van der Waals surface area contributed by atoms with Crippen molar-refractivity contribution in [2.75, 3.05) is 25.5 Å². The number of carbonyl (C=O) groups excluding carboxylic acids is 2. The summed E-state index contributed by atoms with van der Waals surface area (Å²) >= 11 is 0. The van der Waals surface area contributed by atoms with E-state index in [-0.39, 0.29) is 34.7 Å². The minimum Gasteiger partial charge on any atom is -0.497 e. The van der Waals surface area contributed by atoms with Gasteiger partial charge in [-0.25, -0.2) is 4.98 Å². The van der Waals surface area contributed by atoms with Gasteiger partial charge in [-0.2, -0.15) is 0 Å². The molecule has 33 heavy (non-hydrogen) atoms. The molecule has 168 valence electrons. The van der Waals surface area contributed by atoms with E-state index in [1.165, 1.54) is 18.6 Å². The number of amides is 2. The molecule has 4 heterocycles. The summed E-state index contributed by atoms with van der Waals surface area (Å²) in [5.74, 6) is 0.445.